The zero-order valence-electron chi connectivity index (χ0n) is 9.74. The molecule has 2 rings (SSSR count). The second-order valence-electron chi connectivity index (χ2n) is 4.35. The molecule has 0 unspecified atom stereocenters. The minimum atomic E-state index is -0.0898. The third kappa shape index (κ3) is 2.22. The molecule has 0 spiro atoms. The van der Waals surface area contributed by atoms with Crippen molar-refractivity contribution in [2.75, 3.05) is 6.54 Å². The predicted octanol–water partition coefficient (Wildman–Crippen LogP) is 0.882. The van der Waals surface area contributed by atoms with Gasteiger partial charge in [0.15, 0.2) is 5.78 Å². The summed E-state index contributed by atoms with van der Waals surface area (Å²) in [5.41, 5.74) is 7.71. The number of carbonyl (C=O) groups excluding carboxylic acids is 1. The summed E-state index contributed by atoms with van der Waals surface area (Å²) in [5, 5.41) is 0. The van der Waals surface area contributed by atoms with Crippen molar-refractivity contribution >= 4 is 5.78 Å². The minimum Gasteiger partial charge on any atom is -0.327 e. The Labute approximate surface area is 99.7 Å². The van der Waals surface area contributed by atoms with Gasteiger partial charge in [-0.1, -0.05) is 6.58 Å². The summed E-state index contributed by atoms with van der Waals surface area (Å²) in [5.74, 6) is 0.123. The second-order valence-corrected chi connectivity index (χ2v) is 4.35. The van der Waals surface area contributed by atoms with Gasteiger partial charge < -0.3 is 10.3 Å². The number of nitrogens with zero attached hydrogens (tertiary/aromatic N) is 1. The lowest BCUT2D eigenvalue weighted by Gasteiger charge is -2.20. The van der Waals surface area contributed by atoms with Gasteiger partial charge in [0.05, 0.1) is 0 Å². The molecule has 90 valence electrons. The third-order valence-corrected chi connectivity index (χ3v) is 3.08. The molecule has 1 heterocycles. The highest BCUT2D eigenvalue weighted by Crippen LogP contribution is 2.19. The van der Waals surface area contributed by atoms with Crippen LogP contribution in [-0.4, -0.2) is 16.9 Å². The fraction of sp³-hybridized carbons (Fsp3) is 0.385. The van der Waals surface area contributed by atoms with Gasteiger partial charge >= 0.3 is 0 Å². The van der Waals surface area contributed by atoms with E-state index in [2.05, 4.69) is 6.58 Å². The van der Waals surface area contributed by atoms with E-state index in [0.717, 1.165) is 24.1 Å². The minimum absolute atomic E-state index is 0.0898. The van der Waals surface area contributed by atoms with Gasteiger partial charge in [0, 0.05) is 36.8 Å². The van der Waals surface area contributed by atoms with Crippen LogP contribution in [0.3, 0.4) is 0 Å². The van der Waals surface area contributed by atoms with E-state index in [4.69, 9.17) is 5.73 Å². The van der Waals surface area contributed by atoms with Crippen LogP contribution < -0.4 is 11.3 Å². The number of pyridine rings is 1. The van der Waals surface area contributed by atoms with Crippen LogP contribution in [-0.2, 0) is 13.0 Å². The van der Waals surface area contributed by atoms with E-state index in [0.29, 0.717) is 25.1 Å². The molecule has 0 saturated carbocycles. The summed E-state index contributed by atoms with van der Waals surface area (Å²) in [6.45, 7) is 4.57. The van der Waals surface area contributed by atoms with E-state index in [1.807, 2.05) is 0 Å². The average Bonchev–Trinajstić information content (AvgIpc) is 2.33. The Morgan fingerprint density at radius 3 is 2.82 bits per heavy atom. The number of nitrogens with two attached hydrogens (primary N) is 1. The topological polar surface area (TPSA) is 65.1 Å². The molecule has 0 aliphatic heterocycles. The number of Topliss-reactive ketones (excluding diaryl/α,β-unsaturated/α-hetero) is 1. The van der Waals surface area contributed by atoms with Crippen LogP contribution in [0.4, 0.5) is 0 Å². The molecule has 0 saturated heterocycles. The third-order valence-electron chi connectivity index (χ3n) is 3.08. The van der Waals surface area contributed by atoms with Crippen molar-refractivity contribution in [3.05, 3.63) is 45.9 Å². The van der Waals surface area contributed by atoms with E-state index in [-0.39, 0.29) is 11.3 Å². The van der Waals surface area contributed by atoms with Crippen LogP contribution in [0.2, 0.25) is 0 Å². The maximum Gasteiger partial charge on any atom is 0.251 e. The molecular formula is C13H16N2O2. The molecule has 2 N–H and O–H groups in total. The quantitative estimate of drug-likeness (QED) is 0.787. The fourth-order valence-electron chi connectivity index (χ4n) is 2.16. The highest BCUT2D eigenvalue weighted by atomic mass is 16.1. The molecule has 0 bridgehead atoms. The Bertz CT molecular complexity index is 529. The van der Waals surface area contributed by atoms with Crippen LogP contribution in [0.25, 0.3) is 0 Å². The Morgan fingerprint density at radius 2 is 2.12 bits per heavy atom. The zero-order valence-corrected chi connectivity index (χ0v) is 9.74. The summed E-state index contributed by atoms with van der Waals surface area (Å²) in [4.78, 5) is 23.6. The molecule has 1 aromatic heterocycles. The SMILES string of the molecule is C=C(CN)Cn1c2c(ccc1=O)C(=O)CCC2. The molecule has 0 radical (unpaired) electrons. The van der Waals surface area contributed by atoms with E-state index in [1.165, 1.54) is 6.07 Å². The van der Waals surface area contributed by atoms with Crippen molar-refractivity contribution in [3.63, 3.8) is 0 Å². The number of hydrogen-bond donors (Lipinski definition) is 1. The molecule has 4 nitrogen and oxygen atoms in total. The smallest absolute Gasteiger partial charge is 0.251 e. The van der Waals surface area contributed by atoms with Gasteiger partial charge in [-0.25, -0.2) is 0 Å². The van der Waals surface area contributed by atoms with Crippen molar-refractivity contribution in [3.8, 4) is 0 Å². The summed E-state index contributed by atoms with van der Waals surface area (Å²) in [6, 6.07) is 3.09. The Balaban J connectivity index is 2.50. The number of rotatable bonds is 3. The standard InChI is InChI=1S/C13H16N2O2/c1-9(7-14)8-15-11-3-2-4-12(16)10(11)5-6-13(15)17/h5-6H,1-4,7-8,14H2. The van der Waals surface area contributed by atoms with Crippen LogP contribution in [0.1, 0.15) is 28.9 Å². The number of aromatic nitrogens is 1. The van der Waals surface area contributed by atoms with Crippen LogP contribution in [0.5, 0.6) is 0 Å². The first-order valence-electron chi connectivity index (χ1n) is 5.76. The maximum atomic E-state index is 11.8. The van der Waals surface area contributed by atoms with Gasteiger partial charge in [-0.05, 0) is 24.5 Å². The van der Waals surface area contributed by atoms with Gasteiger partial charge in [-0.2, -0.15) is 0 Å². The Hall–Kier alpha value is -1.68. The average molecular weight is 232 g/mol. The van der Waals surface area contributed by atoms with Gasteiger partial charge in [-0.15, -0.1) is 0 Å². The second kappa shape index (κ2) is 4.67. The summed E-state index contributed by atoms with van der Waals surface area (Å²) < 4.78 is 1.63. The van der Waals surface area contributed by atoms with E-state index in [1.54, 1.807) is 10.6 Å². The molecule has 4 heteroatoms. The van der Waals surface area contributed by atoms with Gasteiger partial charge in [0.2, 0.25) is 0 Å². The molecule has 0 amide bonds. The van der Waals surface area contributed by atoms with Crippen LogP contribution in [0, 0.1) is 0 Å². The van der Waals surface area contributed by atoms with Gasteiger partial charge in [-0.3, -0.25) is 9.59 Å². The van der Waals surface area contributed by atoms with Gasteiger partial charge in [0.25, 0.3) is 5.56 Å². The monoisotopic (exact) mass is 232 g/mol. The van der Waals surface area contributed by atoms with E-state index in [9.17, 15) is 9.59 Å². The van der Waals surface area contributed by atoms with E-state index >= 15 is 0 Å². The van der Waals surface area contributed by atoms with E-state index < -0.39 is 0 Å². The first-order chi connectivity index (χ1) is 8.13. The molecule has 0 fully saturated rings. The molecule has 17 heavy (non-hydrogen) atoms. The lowest BCUT2D eigenvalue weighted by Crippen LogP contribution is -2.29. The van der Waals surface area contributed by atoms with Crippen molar-refractivity contribution < 1.29 is 4.79 Å². The molecule has 0 atom stereocenters. The van der Waals surface area contributed by atoms with Crippen LogP contribution >= 0.6 is 0 Å². The normalized spacial score (nSPS) is 14.5. The number of fused-ring (bicyclic) bond motifs is 1. The fourth-order valence-corrected chi connectivity index (χ4v) is 2.16. The van der Waals surface area contributed by atoms with Crippen molar-refractivity contribution in [1.82, 2.24) is 4.57 Å². The summed E-state index contributed by atoms with van der Waals surface area (Å²) >= 11 is 0. The lowest BCUT2D eigenvalue weighted by atomic mass is 9.94. The molecule has 1 aliphatic carbocycles. The largest absolute Gasteiger partial charge is 0.327 e. The summed E-state index contributed by atoms with van der Waals surface area (Å²) in [6.07, 6.45) is 2.16. The number of carbonyl (C=O) groups is 1. The first kappa shape index (κ1) is 11.8. The molecule has 0 aromatic carbocycles. The maximum absolute atomic E-state index is 11.8. The van der Waals surface area contributed by atoms with Gasteiger partial charge in [0.1, 0.15) is 0 Å². The van der Waals surface area contributed by atoms with Crippen molar-refractivity contribution in [2.45, 2.75) is 25.8 Å². The molecular weight excluding hydrogens is 216 g/mol. The summed E-state index contributed by atoms with van der Waals surface area (Å²) in [7, 11) is 0. The predicted molar refractivity (Wildman–Crippen MR) is 66.2 cm³/mol. The number of ketones is 1. The van der Waals surface area contributed by atoms with Crippen LogP contribution in [0.15, 0.2) is 29.1 Å². The molecule has 1 aromatic rings. The van der Waals surface area contributed by atoms with Crippen molar-refractivity contribution in [2.24, 2.45) is 5.73 Å². The Kier molecular flexibility index (Phi) is 3.24. The first-order valence-corrected chi connectivity index (χ1v) is 5.76. The lowest BCUT2D eigenvalue weighted by molar-refractivity contribution is 0.0970. The highest BCUT2D eigenvalue weighted by Gasteiger charge is 2.20. The highest BCUT2D eigenvalue weighted by molar-refractivity contribution is 5.97. The Morgan fingerprint density at radius 1 is 1.35 bits per heavy atom. The van der Waals surface area contributed by atoms with Crippen molar-refractivity contribution in [1.29, 1.82) is 0 Å². The zero-order chi connectivity index (χ0) is 12.4. The number of hydrogen-bond acceptors (Lipinski definition) is 3. The molecule has 1 aliphatic rings.